The molecule has 3 nitrogen and oxygen atoms in total. The zero-order valence-electron chi connectivity index (χ0n) is 10.7. The lowest BCUT2D eigenvalue weighted by molar-refractivity contribution is 0.155. The third kappa shape index (κ3) is 3.74. The highest BCUT2D eigenvalue weighted by molar-refractivity contribution is 4.96. The SMILES string of the molecule is C=C(N(C)CC(C)CN(C)C)N1CCC1. The van der Waals surface area contributed by atoms with Crippen molar-refractivity contribution in [2.75, 3.05) is 47.3 Å². The maximum atomic E-state index is 4.15. The predicted octanol–water partition coefficient (Wildman–Crippen LogP) is 1.29. The van der Waals surface area contributed by atoms with Crippen molar-refractivity contribution in [3.05, 3.63) is 12.4 Å². The molecule has 0 aliphatic carbocycles. The fourth-order valence-corrected chi connectivity index (χ4v) is 2.07. The van der Waals surface area contributed by atoms with Gasteiger partial charge in [-0.1, -0.05) is 13.5 Å². The highest BCUT2D eigenvalue weighted by atomic mass is 15.3. The topological polar surface area (TPSA) is 9.72 Å². The van der Waals surface area contributed by atoms with Gasteiger partial charge in [-0.2, -0.15) is 0 Å². The van der Waals surface area contributed by atoms with Crippen LogP contribution in [0.4, 0.5) is 0 Å². The summed E-state index contributed by atoms with van der Waals surface area (Å²) in [6.07, 6.45) is 1.32. The van der Waals surface area contributed by atoms with Crippen LogP contribution in [0.5, 0.6) is 0 Å². The largest absolute Gasteiger partial charge is 0.362 e. The third-order valence-corrected chi connectivity index (χ3v) is 2.92. The van der Waals surface area contributed by atoms with E-state index in [2.05, 4.69) is 49.3 Å². The minimum atomic E-state index is 0.683. The second-order valence-electron chi connectivity index (χ2n) is 5.00. The van der Waals surface area contributed by atoms with Crippen molar-refractivity contribution >= 4 is 0 Å². The summed E-state index contributed by atoms with van der Waals surface area (Å²) in [5.41, 5.74) is 0. The lowest BCUT2D eigenvalue weighted by Crippen LogP contribution is -2.43. The molecule has 0 bridgehead atoms. The summed E-state index contributed by atoms with van der Waals surface area (Å²) in [5.74, 6) is 1.87. The number of hydrogen-bond donors (Lipinski definition) is 0. The molecule has 88 valence electrons. The Bertz CT molecular complexity index is 209. The Morgan fingerprint density at radius 1 is 1.27 bits per heavy atom. The molecule has 0 amide bonds. The van der Waals surface area contributed by atoms with E-state index in [1.165, 1.54) is 25.3 Å². The van der Waals surface area contributed by atoms with Crippen molar-refractivity contribution in [3.8, 4) is 0 Å². The molecule has 0 aromatic carbocycles. The fourth-order valence-electron chi connectivity index (χ4n) is 2.07. The average Bonchev–Trinajstić information content (AvgIpc) is 1.98. The molecule has 1 saturated heterocycles. The van der Waals surface area contributed by atoms with E-state index < -0.39 is 0 Å². The highest BCUT2D eigenvalue weighted by Crippen LogP contribution is 2.16. The van der Waals surface area contributed by atoms with Crippen LogP contribution in [0.15, 0.2) is 12.4 Å². The highest BCUT2D eigenvalue weighted by Gasteiger charge is 2.19. The molecule has 1 fully saturated rings. The van der Waals surface area contributed by atoms with Crippen molar-refractivity contribution in [1.82, 2.24) is 14.7 Å². The molecule has 0 radical (unpaired) electrons. The first kappa shape index (κ1) is 12.4. The molecule has 1 aliphatic rings. The Morgan fingerprint density at radius 3 is 2.27 bits per heavy atom. The van der Waals surface area contributed by atoms with Gasteiger partial charge in [0.1, 0.15) is 0 Å². The van der Waals surface area contributed by atoms with Crippen LogP contribution >= 0.6 is 0 Å². The quantitative estimate of drug-likeness (QED) is 0.655. The van der Waals surface area contributed by atoms with Gasteiger partial charge in [0.2, 0.25) is 0 Å². The maximum Gasteiger partial charge on any atom is 0.0962 e. The van der Waals surface area contributed by atoms with Gasteiger partial charge in [0.25, 0.3) is 0 Å². The van der Waals surface area contributed by atoms with Gasteiger partial charge in [-0.3, -0.25) is 0 Å². The maximum absolute atomic E-state index is 4.15. The van der Waals surface area contributed by atoms with Gasteiger partial charge in [-0.25, -0.2) is 0 Å². The van der Waals surface area contributed by atoms with E-state index in [9.17, 15) is 0 Å². The summed E-state index contributed by atoms with van der Waals surface area (Å²) in [5, 5.41) is 0. The molecule has 1 unspecified atom stereocenters. The number of likely N-dealkylation sites (tertiary alicyclic amines) is 1. The van der Waals surface area contributed by atoms with Gasteiger partial charge in [0.15, 0.2) is 0 Å². The molecular formula is C12H25N3. The van der Waals surface area contributed by atoms with Crippen LogP contribution in [-0.4, -0.2) is 62.0 Å². The van der Waals surface area contributed by atoms with E-state index in [4.69, 9.17) is 0 Å². The minimum Gasteiger partial charge on any atom is -0.362 e. The normalized spacial score (nSPS) is 17.5. The zero-order chi connectivity index (χ0) is 11.4. The van der Waals surface area contributed by atoms with E-state index in [0.717, 1.165) is 13.1 Å². The molecule has 15 heavy (non-hydrogen) atoms. The van der Waals surface area contributed by atoms with E-state index in [1.807, 2.05) is 0 Å². The van der Waals surface area contributed by atoms with Gasteiger partial charge >= 0.3 is 0 Å². The molecule has 0 aromatic heterocycles. The summed E-state index contributed by atoms with van der Waals surface area (Å²) in [7, 11) is 6.40. The average molecular weight is 211 g/mol. The van der Waals surface area contributed by atoms with E-state index in [0.29, 0.717) is 5.92 Å². The van der Waals surface area contributed by atoms with Crippen LogP contribution in [-0.2, 0) is 0 Å². The molecule has 0 spiro atoms. The molecular weight excluding hydrogens is 186 g/mol. The van der Waals surface area contributed by atoms with Gasteiger partial charge in [0.05, 0.1) is 5.82 Å². The van der Waals surface area contributed by atoms with Crippen molar-refractivity contribution in [2.45, 2.75) is 13.3 Å². The Balaban J connectivity index is 2.27. The summed E-state index contributed by atoms with van der Waals surface area (Å²) < 4.78 is 0. The first-order chi connectivity index (χ1) is 7.00. The van der Waals surface area contributed by atoms with Gasteiger partial charge in [0, 0.05) is 33.2 Å². The summed E-state index contributed by atoms with van der Waals surface area (Å²) in [6.45, 7) is 11.0. The first-order valence-corrected chi connectivity index (χ1v) is 5.80. The van der Waals surface area contributed by atoms with Crippen LogP contribution in [0.1, 0.15) is 13.3 Å². The summed E-state index contributed by atoms with van der Waals surface area (Å²) in [4.78, 5) is 6.88. The fraction of sp³-hybridized carbons (Fsp3) is 0.833. The van der Waals surface area contributed by atoms with Crippen LogP contribution in [0.25, 0.3) is 0 Å². The van der Waals surface area contributed by atoms with Crippen LogP contribution in [0, 0.1) is 5.92 Å². The van der Waals surface area contributed by atoms with E-state index in [-0.39, 0.29) is 0 Å². The van der Waals surface area contributed by atoms with Crippen molar-refractivity contribution < 1.29 is 0 Å². The lowest BCUT2D eigenvalue weighted by atomic mass is 10.1. The van der Waals surface area contributed by atoms with Crippen LogP contribution in [0.2, 0.25) is 0 Å². The standard InChI is InChI=1S/C12H25N3/c1-11(9-13(3)4)10-14(5)12(2)15-7-6-8-15/h11H,2,6-10H2,1,3-5H3. The van der Waals surface area contributed by atoms with Crippen molar-refractivity contribution in [2.24, 2.45) is 5.92 Å². The molecule has 3 heteroatoms. The van der Waals surface area contributed by atoms with Crippen molar-refractivity contribution in [1.29, 1.82) is 0 Å². The van der Waals surface area contributed by atoms with Gasteiger partial charge in [-0.05, 0) is 26.4 Å². The van der Waals surface area contributed by atoms with E-state index in [1.54, 1.807) is 0 Å². The minimum absolute atomic E-state index is 0.683. The van der Waals surface area contributed by atoms with Crippen molar-refractivity contribution in [3.63, 3.8) is 0 Å². The number of rotatable bonds is 6. The van der Waals surface area contributed by atoms with Crippen LogP contribution in [0.3, 0.4) is 0 Å². The first-order valence-electron chi connectivity index (χ1n) is 5.80. The zero-order valence-corrected chi connectivity index (χ0v) is 10.7. The molecule has 1 rings (SSSR count). The Labute approximate surface area is 94.3 Å². The molecule has 0 aromatic rings. The van der Waals surface area contributed by atoms with E-state index >= 15 is 0 Å². The Kier molecular flexibility index (Phi) is 4.45. The molecule has 0 saturated carbocycles. The number of hydrogen-bond acceptors (Lipinski definition) is 3. The predicted molar refractivity (Wildman–Crippen MR) is 65.7 cm³/mol. The van der Waals surface area contributed by atoms with Gasteiger partial charge < -0.3 is 14.7 Å². The molecule has 0 N–H and O–H groups in total. The van der Waals surface area contributed by atoms with Crippen LogP contribution < -0.4 is 0 Å². The monoisotopic (exact) mass is 211 g/mol. The summed E-state index contributed by atoms with van der Waals surface area (Å²) in [6, 6.07) is 0. The Morgan fingerprint density at radius 2 is 1.87 bits per heavy atom. The molecule has 1 aliphatic heterocycles. The molecule has 1 heterocycles. The van der Waals surface area contributed by atoms with Gasteiger partial charge in [-0.15, -0.1) is 0 Å². The molecule has 1 atom stereocenters. The second-order valence-corrected chi connectivity index (χ2v) is 5.00. The Hall–Kier alpha value is -0.700. The smallest absolute Gasteiger partial charge is 0.0962 e. The lowest BCUT2D eigenvalue weighted by Gasteiger charge is -2.40. The summed E-state index contributed by atoms with van der Waals surface area (Å²) >= 11 is 0. The second kappa shape index (κ2) is 5.40. The third-order valence-electron chi connectivity index (χ3n) is 2.92. The number of nitrogens with zero attached hydrogens (tertiary/aromatic N) is 3.